The standard InChI is InChI=1S/C6H16O4Si/c1-7-5-6-11(8-2,9-3)10-4/h5-6H2,1-4H3. The predicted octanol–water partition coefficient (Wildman–Crippen LogP) is 0.511. The Kier molecular flexibility index (Phi) is 5.70. The molecule has 0 unspecified atom stereocenters. The minimum atomic E-state index is -2.36. The summed E-state index contributed by atoms with van der Waals surface area (Å²) in [6.45, 7) is 0.599. The predicted molar refractivity (Wildman–Crippen MR) is 43.5 cm³/mol. The van der Waals surface area contributed by atoms with Crippen LogP contribution in [0, 0.1) is 0 Å². The fraction of sp³-hybridized carbons (Fsp3) is 1.00. The molecule has 0 aromatic rings. The first-order valence-electron chi connectivity index (χ1n) is 3.39. The molecular formula is C6H16O4Si. The fourth-order valence-corrected chi connectivity index (χ4v) is 2.35. The second kappa shape index (κ2) is 5.67. The van der Waals surface area contributed by atoms with Gasteiger partial charge in [-0.25, -0.2) is 0 Å². The van der Waals surface area contributed by atoms with Crippen LogP contribution >= 0.6 is 0 Å². The Balaban J connectivity index is 3.84. The van der Waals surface area contributed by atoms with Crippen LogP contribution in [0.15, 0.2) is 0 Å². The molecule has 0 amide bonds. The second-order valence-corrected chi connectivity index (χ2v) is 5.13. The molecule has 0 N–H and O–H groups in total. The lowest BCUT2D eigenvalue weighted by Gasteiger charge is -2.23. The van der Waals surface area contributed by atoms with E-state index < -0.39 is 8.80 Å². The Morgan fingerprint density at radius 3 is 1.64 bits per heavy atom. The van der Waals surface area contributed by atoms with Crippen LogP contribution in [0.1, 0.15) is 0 Å². The van der Waals surface area contributed by atoms with E-state index in [1.807, 2.05) is 0 Å². The molecule has 0 aromatic carbocycles. The van der Waals surface area contributed by atoms with Gasteiger partial charge in [-0.2, -0.15) is 0 Å². The maximum Gasteiger partial charge on any atom is 0.502 e. The molecule has 68 valence electrons. The lowest BCUT2D eigenvalue weighted by Crippen LogP contribution is -2.43. The highest BCUT2D eigenvalue weighted by atomic mass is 28.4. The summed E-state index contributed by atoms with van der Waals surface area (Å²) < 4.78 is 20.4. The minimum Gasteiger partial charge on any atom is -0.385 e. The van der Waals surface area contributed by atoms with Crippen molar-refractivity contribution in [3.63, 3.8) is 0 Å². The first-order valence-corrected chi connectivity index (χ1v) is 5.32. The van der Waals surface area contributed by atoms with E-state index in [0.29, 0.717) is 12.7 Å². The molecule has 0 saturated heterocycles. The largest absolute Gasteiger partial charge is 0.502 e. The van der Waals surface area contributed by atoms with Crippen LogP contribution in [0.2, 0.25) is 6.04 Å². The molecule has 0 radical (unpaired) electrons. The monoisotopic (exact) mass is 180 g/mol. The zero-order chi connectivity index (χ0) is 8.74. The van der Waals surface area contributed by atoms with Gasteiger partial charge in [0.15, 0.2) is 0 Å². The zero-order valence-corrected chi connectivity index (χ0v) is 8.55. The Labute approximate surface area is 68.8 Å². The Hall–Kier alpha value is 0.0569. The van der Waals surface area contributed by atoms with E-state index in [1.165, 1.54) is 0 Å². The summed E-state index contributed by atoms with van der Waals surface area (Å²) in [6, 6.07) is 0.688. The Morgan fingerprint density at radius 2 is 1.36 bits per heavy atom. The second-order valence-electron chi connectivity index (χ2n) is 2.04. The zero-order valence-electron chi connectivity index (χ0n) is 7.55. The highest BCUT2D eigenvalue weighted by Crippen LogP contribution is 2.11. The molecule has 0 aliphatic rings. The van der Waals surface area contributed by atoms with Crippen LogP contribution in [0.25, 0.3) is 0 Å². The van der Waals surface area contributed by atoms with Crippen LogP contribution in [0.3, 0.4) is 0 Å². The molecule has 0 bridgehead atoms. The minimum absolute atomic E-state index is 0.599. The van der Waals surface area contributed by atoms with Crippen LogP contribution in [0.5, 0.6) is 0 Å². The normalized spacial score (nSPS) is 12.0. The summed E-state index contributed by atoms with van der Waals surface area (Å²) >= 11 is 0. The maximum atomic E-state index is 5.15. The van der Waals surface area contributed by atoms with E-state index in [9.17, 15) is 0 Å². The van der Waals surface area contributed by atoms with Crippen LogP contribution in [-0.4, -0.2) is 43.9 Å². The van der Waals surface area contributed by atoms with Crippen molar-refractivity contribution < 1.29 is 18.0 Å². The third-order valence-electron chi connectivity index (χ3n) is 1.55. The number of rotatable bonds is 6. The molecule has 0 aliphatic carbocycles. The summed E-state index contributed by atoms with van der Waals surface area (Å²) in [5.41, 5.74) is 0. The Morgan fingerprint density at radius 1 is 0.909 bits per heavy atom. The van der Waals surface area contributed by atoms with Crippen molar-refractivity contribution in [3.8, 4) is 0 Å². The molecule has 5 heteroatoms. The lowest BCUT2D eigenvalue weighted by molar-refractivity contribution is 0.109. The third kappa shape index (κ3) is 3.30. The quantitative estimate of drug-likeness (QED) is 0.558. The molecule has 0 heterocycles. The van der Waals surface area contributed by atoms with E-state index >= 15 is 0 Å². The van der Waals surface area contributed by atoms with Crippen molar-refractivity contribution in [3.05, 3.63) is 0 Å². The van der Waals surface area contributed by atoms with Crippen molar-refractivity contribution in [2.24, 2.45) is 0 Å². The maximum absolute atomic E-state index is 5.15. The average Bonchev–Trinajstić information content (AvgIpc) is 2.08. The van der Waals surface area contributed by atoms with Gasteiger partial charge in [-0.1, -0.05) is 0 Å². The lowest BCUT2D eigenvalue weighted by atomic mass is 10.9. The van der Waals surface area contributed by atoms with Crippen molar-refractivity contribution in [1.29, 1.82) is 0 Å². The van der Waals surface area contributed by atoms with Crippen molar-refractivity contribution in [1.82, 2.24) is 0 Å². The van der Waals surface area contributed by atoms with Gasteiger partial charge in [0.2, 0.25) is 0 Å². The molecule has 11 heavy (non-hydrogen) atoms. The van der Waals surface area contributed by atoms with Crippen LogP contribution < -0.4 is 0 Å². The van der Waals surface area contributed by atoms with E-state index in [2.05, 4.69) is 0 Å². The first kappa shape index (κ1) is 11.1. The van der Waals surface area contributed by atoms with Gasteiger partial charge < -0.3 is 18.0 Å². The molecule has 0 atom stereocenters. The topological polar surface area (TPSA) is 36.9 Å². The van der Waals surface area contributed by atoms with E-state index in [4.69, 9.17) is 18.0 Å². The Bertz CT molecular complexity index is 86.3. The fourth-order valence-electron chi connectivity index (χ4n) is 0.783. The van der Waals surface area contributed by atoms with Gasteiger partial charge in [0.1, 0.15) is 0 Å². The molecule has 0 spiro atoms. The van der Waals surface area contributed by atoms with Crippen molar-refractivity contribution in [2.45, 2.75) is 6.04 Å². The molecule has 0 aliphatic heterocycles. The molecule has 0 fully saturated rings. The molecule has 0 saturated carbocycles. The number of ether oxygens (including phenoxy) is 1. The van der Waals surface area contributed by atoms with Gasteiger partial charge in [0.05, 0.1) is 6.61 Å². The highest BCUT2D eigenvalue weighted by molar-refractivity contribution is 6.60. The van der Waals surface area contributed by atoms with Gasteiger partial charge in [-0.3, -0.25) is 0 Å². The van der Waals surface area contributed by atoms with Gasteiger partial charge in [-0.15, -0.1) is 0 Å². The molecule has 0 rings (SSSR count). The highest BCUT2D eigenvalue weighted by Gasteiger charge is 2.36. The molecular weight excluding hydrogens is 164 g/mol. The molecule has 0 aromatic heterocycles. The first-order chi connectivity index (χ1) is 5.24. The van der Waals surface area contributed by atoms with Crippen molar-refractivity contribution in [2.75, 3.05) is 35.0 Å². The molecule has 4 nitrogen and oxygen atoms in total. The number of hydrogen-bond donors (Lipinski definition) is 0. The number of hydrogen-bond acceptors (Lipinski definition) is 4. The van der Waals surface area contributed by atoms with Crippen molar-refractivity contribution >= 4 is 8.80 Å². The summed E-state index contributed by atoms with van der Waals surface area (Å²) in [5, 5.41) is 0. The SMILES string of the molecule is COCC[Si](OC)(OC)OC. The smallest absolute Gasteiger partial charge is 0.385 e. The van der Waals surface area contributed by atoms with Crippen LogP contribution in [0.4, 0.5) is 0 Å². The van der Waals surface area contributed by atoms with Gasteiger partial charge in [-0.05, 0) is 0 Å². The van der Waals surface area contributed by atoms with E-state index in [0.717, 1.165) is 0 Å². The van der Waals surface area contributed by atoms with Gasteiger partial charge in [0.25, 0.3) is 0 Å². The van der Waals surface area contributed by atoms with Gasteiger partial charge >= 0.3 is 8.80 Å². The summed E-state index contributed by atoms with van der Waals surface area (Å²) in [7, 11) is 4.05. The summed E-state index contributed by atoms with van der Waals surface area (Å²) in [4.78, 5) is 0. The summed E-state index contributed by atoms with van der Waals surface area (Å²) in [5.74, 6) is 0. The van der Waals surface area contributed by atoms with Gasteiger partial charge in [0, 0.05) is 34.5 Å². The number of methoxy groups -OCH3 is 1. The average molecular weight is 180 g/mol. The van der Waals surface area contributed by atoms with E-state index in [1.54, 1.807) is 28.4 Å². The summed E-state index contributed by atoms with van der Waals surface area (Å²) in [6.07, 6.45) is 0. The van der Waals surface area contributed by atoms with Crippen LogP contribution in [-0.2, 0) is 18.0 Å². The van der Waals surface area contributed by atoms with E-state index in [-0.39, 0.29) is 0 Å². The third-order valence-corrected chi connectivity index (χ3v) is 4.23.